The lowest BCUT2D eigenvalue weighted by Crippen LogP contribution is -2.41. The van der Waals surface area contributed by atoms with Crippen molar-refractivity contribution >= 4 is 11.8 Å². The van der Waals surface area contributed by atoms with E-state index in [0.717, 1.165) is 0 Å². The first-order valence-corrected chi connectivity index (χ1v) is 6.04. The minimum atomic E-state index is -0.234. The largest absolute Gasteiger partial charge is 0.396 e. The Hall–Kier alpha value is -1.10. The second-order valence-electron chi connectivity index (χ2n) is 5.08. The zero-order chi connectivity index (χ0) is 13.3. The van der Waals surface area contributed by atoms with E-state index in [9.17, 15) is 9.59 Å². The van der Waals surface area contributed by atoms with Gasteiger partial charge in [-0.25, -0.2) is 0 Å². The van der Waals surface area contributed by atoms with Crippen LogP contribution in [0.25, 0.3) is 0 Å². The Morgan fingerprint density at radius 2 is 1.71 bits per heavy atom. The number of carbonyl (C=O) groups is 2. The van der Waals surface area contributed by atoms with Gasteiger partial charge in [-0.15, -0.1) is 0 Å². The third-order valence-corrected chi connectivity index (χ3v) is 2.00. The van der Waals surface area contributed by atoms with Crippen molar-refractivity contribution in [3.63, 3.8) is 0 Å². The number of amides is 2. The second-order valence-corrected chi connectivity index (χ2v) is 5.08. The summed E-state index contributed by atoms with van der Waals surface area (Å²) in [5.41, 5.74) is -0.234. The minimum Gasteiger partial charge on any atom is -0.396 e. The number of nitrogens with one attached hydrogen (secondary N) is 2. The maximum atomic E-state index is 11.4. The number of rotatable bonds is 7. The van der Waals surface area contributed by atoms with Crippen LogP contribution in [0.1, 0.15) is 46.5 Å². The van der Waals surface area contributed by atoms with E-state index in [1.807, 2.05) is 20.8 Å². The second kappa shape index (κ2) is 8.06. The number of aliphatic hydroxyl groups excluding tert-OH is 1. The van der Waals surface area contributed by atoms with Crippen LogP contribution in [0.2, 0.25) is 0 Å². The van der Waals surface area contributed by atoms with Crippen LogP contribution in [0.3, 0.4) is 0 Å². The van der Waals surface area contributed by atoms with Gasteiger partial charge >= 0.3 is 0 Å². The molecule has 0 aliphatic carbocycles. The molecule has 0 aromatic heterocycles. The highest BCUT2D eigenvalue weighted by Crippen LogP contribution is 1.99. The van der Waals surface area contributed by atoms with Crippen LogP contribution < -0.4 is 10.6 Å². The average Bonchev–Trinajstić information content (AvgIpc) is 2.15. The summed E-state index contributed by atoms with van der Waals surface area (Å²) in [6, 6.07) is 0. The summed E-state index contributed by atoms with van der Waals surface area (Å²) in [7, 11) is 0. The van der Waals surface area contributed by atoms with Crippen molar-refractivity contribution in [2.24, 2.45) is 0 Å². The summed E-state index contributed by atoms with van der Waals surface area (Å²) in [6.45, 7) is 6.22. The van der Waals surface area contributed by atoms with Crippen molar-refractivity contribution < 1.29 is 14.7 Å². The van der Waals surface area contributed by atoms with Crippen LogP contribution in [0.15, 0.2) is 0 Å². The lowest BCUT2D eigenvalue weighted by atomic mass is 10.1. The van der Waals surface area contributed by atoms with Crippen molar-refractivity contribution in [2.45, 2.75) is 52.0 Å². The summed E-state index contributed by atoms with van der Waals surface area (Å²) < 4.78 is 0. The summed E-state index contributed by atoms with van der Waals surface area (Å²) in [4.78, 5) is 22.7. The summed E-state index contributed by atoms with van der Waals surface area (Å²) in [6.07, 6.45) is 2.01. The topological polar surface area (TPSA) is 78.4 Å². The molecule has 0 aliphatic rings. The Kier molecular flexibility index (Phi) is 7.54. The van der Waals surface area contributed by atoms with Crippen molar-refractivity contribution in [3.8, 4) is 0 Å². The molecule has 5 heteroatoms. The third-order valence-electron chi connectivity index (χ3n) is 2.00. The van der Waals surface area contributed by atoms with Gasteiger partial charge in [0.25, 0.3) is 0 Å². The van der Waals surface area contributed by atoms with E-state index in [4.69, 9.17) is 5.11 Å². The molecule has 0 bridgehead atoms. The first kappa shape index (κ1) is 15.9. The lowest BCUT2D eigenvalue weighted by Gasteiger charge is -2.20. The third kappa shape index (κ3) is 11.2. The van der Waals surface area contributed by atoms with E-state index in [2.05, 4.69) is 10.6 Å². The Morgan fingerprint density at radius 1 is 1.06 bits per heavy atom. The average molecular weight is 244 g/mol. The first-order chi connectivity index (χ1) is 7.85. The van der Waals surface area contributed by atoms with Crippen LogP contribution in [-0.4, -0.2) is 35.6 Å². The molecule has 5 nitrogen and oxygen atoms in total. The van der Waals surface area contributed by atoms with Gasteiger partial charge < -0.3 is 15.7 Å². The number of hydrogen-bond donors (Lipinski definition) is 3. The van der Waals surface area contributed by atoms with Crippen LogP contribution >= 0.6 is 0 Å². The number of unbranched alkanes of at least 4 members (excludes halogenated alkanes) is 1. The predicted molar refractivity (Wildman–Crippen MR) is 66.5 cm³/mol. The molecule has 0 aliphatic heterocycles. The maximum absolute atomic E-state index is 11.4. The van der Waals surface area contributed by atoms with Crippen LogP contribution in [0, 0.1) is 0 Å². The van der Waals surface area contributed by atoms with Crippen molar-refractivity contribution in [2.75, 3.05) is 13.2 Å². The normalized spacial score (nSPS) is 11.1. The minimum absolute atomic E-state index is 0.0619. The molecule has 0 heterocycles. The molecule has 0 unspecified atom stereocenters. The van der Waals surface area contributed by atoms with Crippen LogP contribution in [-0.2, 0) is 9.59 Å². The highest BCUT2D eigenvalue weighted by atomic mass is 16.3. The van der Waals surface area contributed by atoms with Crippen LogP contribution in [0.4, 0.5) is 0 Å². The van der Waals surface area contributed by atoms with Crippen molar-refractivity contribution in [1.29, 1.82) is 0 Å². The van der Waals surface area contributed by atoms with E-state index in [-0.39, 0.29) is 24.0 Å². The molecule has 0 spiro atoms. The highest BCUT2D eigenvalue weighted by Gasteiger charge is 2.13. The van der Waals surface area contributed by atoms with Gasteiger partial charge in [0.15, 0.2) is 0 Å². The summed E-state index contributed by atoms with van der Waals surface area (Å²) >= 11 is 0. The van der Waals surface area contributed by atoms with Crippen molar-refractivity contribution in [3.05, 3.63) is 0 Å². The lowest BCUT2D eigenvalue weighted by molar-refractivity contribution is -0.123. The molecule has 0 atom stereocenters. The van der Waals surface area contributed by atoms with E-state index in [0.29, 0.717) is 32.2 Å². The quantitative estimate of drug-likeness (QED) is 0.573. The van der Waals surface area contributed by atoms with Gasteiger partial charge in [0.1, 0.15) is 0 Å². The molecule has 0 radical (unpaired) electrons. The van der Waals surface area contributed by atoms with Gasteiger partial charge in [0.05, 0.1) is 0 Å². The van der Waals surface area contributed by atoms with Gasteiger partial charge in [0, 0.05) is 31.5 Å². The van der Waals surface area contributed by atoms with Gasteiger partial charge in [-0.05, 0) is 33.6 Å². The first-order valence-electron chi connectivity index (χ1n) is 6.04. The summed E-state index contributed by atoms with van der Waals surface area (Å²) in [5.74, 6) is -0.129. The van der Waals surface area contributed by atoms with Crippen LogP contribution in [0.5, 0.6) is 0 Å². The monoisotopic (exact) mass is 244 g/mol. The van der Waals surface area contributed by atoms with Gasteiger partial charge in [-0.3, -0.25) is 9.59 Å². The number of carbonyl (C=O) groups excluding carboxylic acids is 2. The molecule has 100 valence electrons. The molecular weight excluding hydrogens is 220 g/mol. The molecule has 0 aromatic rings. The zero-order valence-electron chi connectivity index (χ0n) is 11.0. The fourth-order valence-corrected chi connectivity index (χ4v) is 1.28. The van der Waals surface area contributed by atoms with Gasteiger partial charge in [-0.1, -0.05) is 0 Å². The number of hydrogen-bond acceptors (Lipinski definition) is 3. The van der Waals surface area contributed by atoms with Gasteiger partial charge in [-0.2, -0.15) is 0 Å². The molecule has 0 rings (SSSR count). The fraction of sp³-hybridized carbons (Fsp3) is 0.833. The zero-order valence-corrected chi connectivity index (χ0v) is 11.0. The standard InChI is InChI=1S/C12H24N2O3/c1-12(2,3)14-11(17)7-8-13-10(16)6-4-5-9-15/h15H,4-9H2,1-3H3,(H,13,16)(H,14,17). The molecule has 0 saturated heterocycles. The number of aliphatic hydroxyl groups is 1. The van der Waals surface area contributed by atoms with Crippen molar-refractivity contribution in [1.82, 2.24) is 10.6 Å². The Balaban J connectivity index is 3.56. The highest BCUT2D eigenvalue weighted by molar-refractivity contribution is 5.79. The molecule has 2 amide bonds. The summed E-state index contributed by atoms with van der Waals surface area (Å²) in [5, 5.41) is 14.1. The van der Waals surface area contributed by atoms with Gasteiger partial charge in [0.2, 0.25) is 11.8 Å². The molecule has 0 saturated carbocycles. The smallest absolute Gasteiger partial charge is 0.222 e. The molecule has 3 N–H and O–H groups in total. The van der Waals surface area contributed by atoms with E-state index >= 15 is 0 Å². The Morgan fingerprint density at radius 3 is 2.24 bits per heavy atom. The Labute approximate surface area is 103 Å². The SMILES string of the molecule is CC(C)(C)NC(=O)CCNC(=O)CCCCO. The predicted octanol–water partition coefficient (Wildman–Crippen LogP) is 0.570. The molecule has 0 aromatic carbocycles. The molecule has 17 heavy (non-hydrogen) atoms. The van der Waals surface area contributed by atoms with E-state index in [1.165, 1.54) is 0 Å². The Bertz CT molecular complexity index is 247. The maximum Gasteiger partial charge on any atom is 0.222 e. The van der Waals surface area contributed by atoms with E-state index in [1.54, 1.807) is 0 Å². The molecular formula is C12H24N2O3. The molecule has 0 fully saturated rings. The van der Waals surface area contributed by atoms with E-state index < -0.39 is 0 Å². The fourth-order valence-electron chi connectivity index (χ4n) is 1.28.